The predicted molar refractivity (Wildman–Crippen MR) is 109 cm³/mol. The van der Waals surface area contributed by atoms with Crippen molar-refractivity contribution in [2.75, 3.05) is 40.0 Å². The Bertz CT molecular complexity index is 737. The lowest BCUT2D eigenvalue weighted by atomic mass is 10.1. The predicted octanol–water partition coefficient (Wildman–Crippen LogP) is 1.68. The second-order valence-electron chi connectivity index (χ2n) is 6.88. The van der Waals surface area contributed by atoms with Crippen LogP contribution in [0.3, 0.4) is 0 Å². The minimum absolute atomic E-state index is 0.570. The van der Waals surface area contributed by atoms with Gasteiger partial charge in [-0.1, -0.05) is 6.07 Å². The monoisotopic (exact) mass is 386 g/mol. The molecule has 1 aliphatic rings. The molecule has 0 aromatic carbocycles. The maximum absolute atomic E-state index is 5.72. The summed E-state index contributed by atoms with van der Waals surface area (Å²) in [7, 11) is 1.77. The van der Waals surface area contributed by atoms with Crippen LogP contribution in [0.5, 0.6) is 0 Å². The van der Waals surface area contributed by atoms with E-state index in [1.807, 2.05) is 30.0 Å². The largest absolute Gasteiger partial charge is 0.381 e. The molecule has 1 aliphatic heterocycles. The van der Waals surface area contributed by atoms with Gasteiger partial charge in [-0.25, -0.2) is 9.97 Å². The van der Waals surface area contributed by atoms with E-state index in [1.165, 1.54) is 0 Å². The van der Waals surface area contributed by atoms with Crippen LogP contribution in [0.15, 0.2) is 35.7 Å². The summed E-state index contributed by atoms with van der Waals surface area (Å²) >= 11 is 0. The SMILES string of the molecule is CN=C(NCCCOCC1CCOC1)NCc1ccc(-n2ccnc2C)nc1. The fraction of sp³-hybridized carbons (Fsp3) is 0.550. The molecular weight excluding hydrogens is 356 g/mol. The quantitative estimate of drug-likeness (QED) is 0.387. The molecule has 0 aliphatic carbocycles. The van der Waals surface area contributed by atoms with Crippen LogP contribution in [-0.4, -0.2) is 60.5 Å². The third-order valence-corrected chi connectivity index (χ3v) is 4.70. The fourth-order valence-corrected chi connectivity index (χ4v) is 3.04. The van der Waals surface area contributed by atoms with Crippen molar-refractivity contribution >= 4 is 5.96 Å². The van der Waals surface area contributed by atoms with Crippen LogP contribution in [0.4, 0.5) is 0 Å². The first-order valence-electron chi connectivity index (χ1n) is 9.81. The molecule has 0 radical (unpaired) electrons. The molecule has 1 fully saturated rings. The summed E-state index contributed by atoms with van der Waals surface area (Å²) in [5, 5.41) is 6.62. The normalized spacial score (nSPS) is 17.1. The average Bonchev–Trinajstić information content (AvgIpc) is 3.39. The summed E-state index contributed by atoms with van der Waals surface area (Å²) in [6.07, 6.45) is 7.61. The van der Waals surface area contributed by atoms with E-state index in [1.54, 1.807) is 13.2 Å². The maximum atomic E-state index is 5.72. The minimum atomic E-state index is 0.570. The zero-order valence-corrected chi connectivity index (χ0v) is 16.7. The molecule has 1 unspecified atom stereocenters. The van der Waals surface area contributed by atoms with Gasteiger partial charge in [0, 0.05) is 57.9 Å². The van der Waals surface area contributed by atoms with Crippen molar-refractivity contribution in [3.05, 3.63) is 42.1 Å². The molecule has 1 atom stereocenters. The molecule has 3 rings (SSSR count). The van der Waals surface area contributed by atoms with Gasteiger partial charge in [0.2, 0.25) is 0 Å². The van der Waals surface area contributed by atoms with Gasteiger partial charge in [0.1, 0.15) is 11.6 Å². The summed E-state index contributed by atoms with van der Waals surface area (Å²) in [5.74, 6) is 3.13. The van der Waals surface area contributed by atoms with E-state index < -0.39 is 0 Å². The first-order chi connectivity index (χ1) is 13.8. The van der Waals surface area contributed by atoms with Crippen molar-refractivity contribution in [3.63, 3.8) is 0 Å². The lowest BCUT2D eigenvalue weighted by Gasteiger charge is -2.13. The first-order valence-corrected chi connectivity index (χ1v) is 9.81. The van der Waals surface area contributed by atoms with E-state index in [9.17, 15) is 0 Å². The summed E-state index contributed by atoms with van der Waals surface area (Å²) < 4.78 is 13.0. The molecule has 3 heterocycles. The van der Waals surface area contributed by atoms with E-state index in [0.717, 1.165) is 69.0 Å². The second-order valence-corrected chi connectivity index (χ2v) is 6.88. The molecule has 152 valence electrons. The van der Waals surface area contributed by atoms with Crippen molar-refractivity contribution in [2.45, 2.75) is 26.3 Å². The van der Waals surface area contributed by atoms with Crippen LogP contribution >= 0.6 is 0 Å². The number of aliphatic imine (C=N–C) groups is 1. The Kier molecular flexibility index (Phi) is 7.81. The zero-order valence-electron chi connectivity index (χ0n) is 16.7. The Labute approximate surface area is 166 Å². The molecule has 0 saturated carbocycles. The third-order valence-electron chi connectivity index (χ3n) is 4.70. The van der Waals surface area contributed by atoms with Gasteiger partial charge < -0.3 is 20.1 Å². The Balaban J connectivity index is 1.33. The molecule has 0 amide bonds. The third kappa shape index (κ3) is 6.03. The Morgan fingerprint density at radius 1 is 1.36 bits per heavy atom. The summed E-state index contributed by atoms with van der Waals surface area (Å²) in [6, 6.07) is 4.05. The standard InChI is InChI=1S/C20H30N6O2/c1-16-22-8-9-26(16)19-5-4-17(12-24-19)13-25-20(21-2)23-7-3-10-27-14-18-6-11-28-15-18/h4-5,8-9,12,18H,3,6-7,10-11,13-15H2,1-2H3,(H2,21,23,25). The number of hydrogen-bond donors (Lipinski definition) is 2. The molecular formula is C20H30N6O2. The van der Waals surface area contributed by atoms with Crippen molar-refractivity contribution in [1.82, 2.24) is 25.2 Å². The van der Waals surface area contributed by atoms with Crippen molar-refractivity contribution in [3.8, 4) is 5.82 Å². The van der Waals surface area contributed by atoms with E-state index in [-0.39, 0.29) is 0 Å². The molecule has 8 nitrogen and oxygen atoms in total. The number of guanidine groups is 1. The highest BCUT2D eigenvalue weighted by atomic mass is 16.5. The minimum Gasteiger partial charge on any atom is -0.381 e. The van der Waals surface area contributed by atoms with Crippen molar-refractivity contribution < 1.29 is 9.47 Å². The second kappa shape index (κ2) is 10.8. The zero-order chi connectivity index (χ0) is 19.6. The highest BCUT2D eigenvalue weighted by Crippen LogP contribution is 2.12. The van der Waals surface area contributed by atoms with Crippen LogP contribution in [0, 0.1) is 12.8 Å². The topological polar surface area (TPSA) is 85.6 Å². The first kappa shape index (κ1) is 20.3. The number of ether oxygens (including phenoxy) is 2. The van der Waals surface area contributed by atoms with Crippen LogP contribution in [0.25, 0.3) is 5.82 Å². The number of aryl methyl sites for hydroxylation is 1. The van der Waals surface area contributed by atoms with Gasteiger partial charge in [0.25, 0.3) is 0 Å². The van der Waals surface area contributed by atoms with Crippen molar-refractivity contribution in [2.24, 2.45) is 10.9 Å². The molecule has 1 saturated heterocycles. The number of aromatic nitrogens is 3. The summed E-state index contributed by atoms with van der Waals surface area (Å²) in [6.45, 7) is 6.70. The number of hydrogen-bond acceptors (Lipinski definition) is 5. The van der Waals surface area contributed by atoms with Crippen LogP contribution in [0.2, 0.25) is 0 Å². The van der Waals surface area contributed by atoms with Gasteiger partial charge in [-0.3, -0.25) is 9.56 Å². The molecule has 0 bridgehead atoms. The van der Waals surface area contributed by atoms with Gasteiger partial charge in [-0.15, -0.1) is 0 Å². The number of imidazole rings is 1. The Morgan fingerprint density at radius 2 is 2.29 bits per heavy atom. The highest BCUT2D eigenvalue weighted by Gasteiger charge is 2.15. The smallest absolute Gasteiger partial charge is 0.191 e. The number of rotatable bonds is 9. The number of nitrogens with zero attached hydrogens (tertiary/aromatic N) is 4. The van der Waals surface area contributed by atoms with E-state index in [0.29, 0.717) is 12.5 Å². The average molecular weight is 387 g/mol. The van der Waals surface area contributed by atoms with Gasteiger partial charge in [-0.2, -0.15) is 0 Å². The molecule has 2 N–H and O–H groups in total. The van der Waals surface area contributed by atoms with Crippen LogP contribution in [0.1, 0.15) is 24.2 Å². The molecule has 28 heavy (non-hydrogen) atoms. The molecule has 8 heteroatoms. The van der Waals surface area contributed by atoms with Crippen LogP contribution in [-0.2, 0) is 16.0 Å². The number of nitrogens with one attached hydrogen (secondary N) is 2. The highest BCUT2D eigenvalue weighted by molar-refractivity contribution is 5.79. The molecule has 0 spiro atoms. The van der Waals surface area contributed by atoms with E-state index in [4.69, 9.17) is 9.47 Å². The summed E-state index contributed by atoms with van der Waals surface area (Å²) in [5.41, 5.74) is 1.09. The van der Waals surface area contributed by atoms with Gasteiger partial charge in [0.05, 0.1) is 13.2 Å². The van der Waals surface area contributed by atoms with Gasteiger partial charge >= 0.3 is 0 Å². The lowest BCUT2D eigenvalue weighted by molar-refractivity contribution is 0.0888. The number of pyridine rings is 1. The Hall–Kier alpha value is -2.45. The van der Waals surface area contributed by atoms with Gasteiger partial charge in [0.15, 0.2) is 5.96 Å². The maximum Gasteiger partial charge on any atom is 0.191 e. The van der Waals surface area contributed by atoms with Gasteiger partial charge in [-0.05, 0) is 31.4 Å². The molecule has 2 aromatic heterocycles. The lowest BCUT2D eigenvalue weighted by Crippen LogP contribution is -2.37. The van der Waals surface area contributed by atoms with E-state index in [2.05, 4.69) is 31.7 Å². The van der Waals surface area contributed by atoms with Crippen LogP contribution < -0.4 is 10.6 Å². The van der Waals surface area contributed by atoms with E-state index >= 15 is 0 Å². The van der Waals surface area contributed by atoms with Crippen molar-refractivity contribution in [1.29, 1.82) is 0 Å². The summed E-state index contributed by atoms with van der Waals surface area (Å²) in [4.78, 5) is 13.0. The fourth-order valence-electron chi connectivity index (χ4n) is 3.04. The molecule has 2 aromatic rings. The Morgan fingerprint density at radius 3 is 2.96 bits per heavy atom.